The predicted molar refractivity (Wildman–Crippen MR) is 153 cm³/mol. The predicted octanol–water partition coefficient (Wildman–Crippen LogP) is 6.65. The third-order valence-electron chi connectivity index (χ3n) is 5.50. The normalized spacial score (nSPS) is 16.0. The number of amides is 1. The molecule has 1 fully saturated rings. The van der Waals surface area contributed by atoms with Crippen molar-refractivity contribution in [2.24, 2.45) is 4.40 Å². The maximum absolute atomic E-state index is 13.1. The van der Waals surface area contributed by atoms with Crippen molar-refractivity contribution in [3.05, 3.63) is 70.1 Å². The maximum Gasteiger partial charge on any atom is 0.284 e. The van der Waals surface area contributed by atoms with Crippen LogP contribution in [0.15, 0.2) is 73.8 Å². The Hall–Kier alpha value is -2.56. The molecule has 10 heteroatoms. The van der Waals surface area contributed by atoms with Crippen molar-refractivity contribution in [2.45, 2.75) is 43.9 Å². The number of hydrogen-bond donors (Lipinski definition) is 0. The number of hydrogen-bond acceptors (Lipinski definition) is 6. The number of sulfonamides is 1. The molecular weight excluding hydrogens is 576 g/mol. The summed E-state index contributed by atoms with van der Waals surface area (Å²) in [5, 5.41) is 0.0778. The number of halogens is 1. The Bertz CT molecular complexity index is 1270. The van der Waals surface area contributed by atoms with Gasteiger partial charge in [-0.15, -0.1) is 11.0 Å². The Balaban J connectivity index is 1.80. The SMILES string of the molecule is C=CCN1C(=O)C(=Cc2ccc(OCCCCCCC)c(OC)c2)SC1=NS(=O)(=O)c1ccc(Br)cc1. The third-order valence-corrected chi connectivity index (χ3v) is 8.43. The average Bonchev–Trinajstić information content (AvgIpc) is 3.15. The number of thioether (sulfide) groups is 1. The smallest absolute Gasteiger partial charge is 0.284 e. The van der Waals surface area contributed by atoms with Gasteiger partial charge in [0.25, 0.3) is 15.9 Å². The number of benzene rings is 2. The van der Waals surface area contributed by atoms with E-state index in [9.17, 15) is 13.2 Å². The van der Waals surface area contributed by atoms with Gasteiger partial charge in [-0.3, -0.25) is 9.69 Å². The lowest BCUT2D eigenvalue weighted by Crippen LogP contribution is -2.29. The second-order valence-electron chi connectivity index (χ2n) is 8.29. The van der Waals surface area contributed by atoms with Gasteiger partial charge in [0.05, 0.1) is 23.5 Å². The second-order valence-corrected chi connectivity index (χ2v) is 11.8. The molecule has 1 amide bonds. The van der Waals surface area contributed by atoms with Gasteiger partial charge in [-0.05, 0) is 66.2 Å². The van der Waals surface area contributed by atoms with Crippen molar-refractivity contribution in [3.63, 3.8) is 0 Å². The van der Waals surface area contributed by atoms with E-state index in [1.54, 1.807) is 31.4 Å². The number of rotatable bonds is 13. The fraction of sp³-hybridized carbons (Fsp3) is 0.333. The summed E-state index contributed by atoms with van der Waals surface area (Å²) in [6.07, 6.45) is 8.96. The molecule has 1 aliphatic rings. The largest absolute Gasteiger partial charge is 0.493 e. The van der Waals surface area contributed by atoms with E-state index in [-0.39, 0.29) is 22.5 Å². The van der Waals surface area contributed by atoms with Crippen LogP contribution in [0.25, 0.3) is 6.08 Å². The molecule has 0 saturated carbocycles. The molecule has 0 aliphatic carbocycles. The minimum absolute atomic E-state index is 0.0397. The average molecular weight is 608 g/mol. The van der Waals surface area contributed by atoms with Crippen molar-refractivity contribution in [3.8, 4) is 11.5 Å². The molecule has 0 atom stereocenters. The fourth-order valence-electron chi connectivity index (χ4n) is 3.56. The number of carbonyl (C=O) groups is 1. The van der Waals surface area contributed by atoms with Gasteiger partial charge in [0.1, 0.15) is 0 Å². The van der Waals surface area contributed by atoms with Gasteiger partial charge in [-0.25, -0.2) is 0 Å². The zero-order valence-corrected chi connectivity index (χ0v) is 24.2. The Labute approximate surface area is 231 Å². The Kier molecular flexibility index (Phi) is 10.8. The van der Waals surface area contributed by atoms with Gasteiger partial charge in [0.15, 0.2) is 16.7 Å². The molecule has 0 spiro atoms. The first-order valence-corrected chi connectivity index (χ1v) is 15.1. The van der Waals surface area contributed by atoms with E-state index in [1.807, 2.05) is 12.1 Å². The van der Waals surface area contributed by atoms with E-state index >= 15 is 0 Å². The van der Waals surface area contributed by atoms with Crippen molar-refractivity contribution in [2.75, 3.05) is 20.3 Å². The first kappa shape index (κ1) is 29.0. The number of carbonyl (C=O) groups excluding carboxylic acids is 1. The monoisotopic (exact) mass is 606 g/mol. The minimum Gasteiger partial charge on any atom is -0.493 e. The highest BCUT2D eigenvalue weighted by Crippen LogP contribution is 2.35. The zero-order valence-electron chi connectivity index (χ0n) is 21.0. The lowest BCUT2D eigenvalue weighted by atomic mass is 10.1. The van der Waals surface area contributed by atoms with Crippen LogP contribution in [0.4, 0.5) is 0 Å². The van der Waals surface area contributed by atoms with E-state index in [2.05, 4.69) is 33.8 Å². The minimum atomic E-state index is -4.01. The van der Waals surface area contributed by atoms with Crippen LogP contribution in [-0.4, -0.2) is 44.7 Å². The number of nitrogens with zero attached hydrogens (tertiary/aromatic N) is 2. The molecule has 0 unspecified atom stereocenters. The van der Waals surface area contributed by atoms with E-state index in [0.717, 1.165) is 34.6 Å². The van der Waals surface area contributed by atoms with Gasteiger partial charge in [0.2, 0.25) is 0 Å². The number of amidine groups is 1. The van der Waals surface area contributed by atoms with E-state index in [4.69, 9.17) is 9.47 Å². The molecule has 0 N–H and O–H groups in total. The topological polar surface area (TPSA) is 85.3 Å². The van der Waals surface area contributed by atoms with Crippen LogP contribution < -0.4 is 9.47 Å². The molecule has 1 aliphatic heterocycles. The van der Waals surface area contributed by atoms with Crippen LogP contribution in [0.1, 0.15) is 44.6 Å². The number of methoxy groups -OCH3 is 1. The van der Waals surface area contributed by atoms with Crippen LogP contribution in [0.5, 0.6) is 11.5 Å². The molecule has 7 nitrogen and oxygen atoms in total. The van der Waals surface area contributed by atoms with Crippen molar-refractivity contribution in [1.82, 2.24) is 4.90 Å². The van der Waals surface area contributed by atoms with E-state index < -0.39 is 10.0 Å². The lowest BCUT2D eigenvalue weighted by molar-refractivity contribution is -0.121. The summed E-state index contributed by atoms with van der Waals surface area (Å²) < 4.78 is 41.9. The molecule has 0 bridgehead atoms. The van der Waals surface area contributed by atoms with Gasteiger partial charge >= 0.3 is 0 Å². The molecule has 0 aromatic heterocycles. The Morgan fingerprint density at radius 2 is 1.81 bits per heavy atom. The van der Waals surface area contributed by atoms with Gasteiger partial charge < -0.3 is 9.47 Å². The zero-order chi connectivity index (χ0) is 26.8. The summed E-state index contributed by atoms with van der Waals surface area (Å²) in [6, 6.07) is 11.6. The summed E-state index contributed by atoms with van der Waals surface area (Å²) in [7, 11) is -2.44. The van der Waals surface area contributed by atoms with Crippen LogP contribution in [0.2, 0.25) is 0 Å². The van der Waals surface area contributed by atoms with E-state index in [1.165, 1.54) is 42.4 Å². The molecule has 0 radical (unpaired) electrons. The van der Waals surface area contributed by atoms with Crippen LogP contribution >= 0.6 is 27.7 Å². The second kappa shape index (κ2) is 13.8. The quantitative estimate of drug-likeness (QED) is 0.144. The third kappa shape index (κ3) is 7.96. The highest BCUT2D eigenvalue weighted by Gasteiger charge is 2.34. The summed E-state index contributed by atoms with van der Waals surface area (Å²) in [6.45, 7) is 6.61. The number of ether oxygens (including phenoxy) is 2. The Morgan fingerprint density at radius 1 is 1.08 bits per heavy atom. The van der Waals surface area contributed by atoms with Gasteiger partial charge in [0, 0.05) is 11.0 Å². The summed E-state index contributed by atoms with van der Waals surface area (Å²) in [4.78, 5) is 14.8. The first-order chi connectivity index (χ1) is 17.8. The van der Waals surface area contributed by atoms with Gasteiger partial charge in [-0.1, -0.05) is 60.7 Å². The highest BCUT2D eigenvalue weighted by atomic mass is 79.9. The summed E-state index contributed by atoms with van der Waals surface area (Å²) in [5.74, 6) is 0.857. The maximum atomic E-state index is 13.1. The molecule has 3 rings (SSSR count). The number of unbranched alkanes of at least 4 members (excludes halogenated alkanes) is 4. The van der Waals surface area contributed by atoms with Crippen molar-refractivity contribution < 1.29 is 22.7 Å². The van der Waals surface area contributed by atoms with Crippen LogP contribution in [0, 0.1) is 0 Å². The van der Waals surface area contributed by atoms with Crippen LogP contribution in [-0.2, 0) is 14.8 Å². The fourth-order valence-corrected chi connectivity index (χ4v) is 6.01. The molecule has 1 heterocycles. The van der Waals surface area contributed by atoms with E-state index in [0.29, 0.717) is 23.0 Å². The van der Waals surface area contributed by atoms with Crippen LogP contribution in [0.3, 0.4) is 0 Å². The first-order valence-electron chi connectivity index (χ1n) is 12.0. The van der Waals surface area contributed by atoms with Crippen molar-refractivity contribution in [1.29, 1.82) is 0 Å². The Morgan fingerprint density at radius 3 is 2.49 bits per heavy atom. The highest BCUT2D eigenvalue weighted by molar-refractivity contribution is 9.10. The molecule has 2 aromatic rings. The van der Waals surface area contributed by atoms with Gasteiger partial charge in [-0.2, -0.15) is 8.42 Å². The molecular formula is C27H31BrN2O5S2. The van der Waals surface area contributed by atoms with Crippen molar-refractivity contribution >= 4 is 54.9 Å². The molecule has 37 heavy (non-hydrogen) atoms. The standard InChI is InChI=1S/C27H31BrN2O5S2/c1-4-6-7-8-9-17-35-23-15-10-20(18-24(23)34-3)19-25-26(31)30(16-5-2)27(36-25)29-37(32,33)22-13-11-21(28)12-14-22/h5,10-15,18-19H,2,4,6-9,16-17H2,1,3H3. The summed E-state index contributed by atoms with van der Waals surface area (Å²) in [5.41, 5.74) is 0.721. The summed E-state index contributed by atoms with van der Waals surface area (Å²) >= 11 is 4.30. The molecule has 1 saturated heterocycles. The lowest BCUT2D eigenvalue weighted by Gasteiger charge is -2.12. The molecule has 2 aromatic carbocycles. The molecule has 198 valence electrons.